The van der Waals surface area contributed by atoms with E-state index in [1.54, 1.807) is 0 Å². The predicted molar refractivity (Wildman–Crippen MR) is 238 cm³/mol. The molecule has 0 N–H and O–H groups in total. The van der Waals surface area contributed by atoms with Crippen molar-refractivity contribution in [3.8, 4) is 22.9 Å². The molecule has 6 heterocycles. The number of benzene rings is 8. The highest BCUT2D eigenvalue weighted by atomic mass is 16.3. The summed E-state index contributed by atoms with van der Waals surface area (Å²) in [6.07, 6.45) is 0. The van der Waals surface area contributed by atoms with Crippen LogP contribution in [0.1, 0.15) is 0 Å². The van der Waals surface area contributed by atoms with E-state index in [0.29, 0.717) is 11.7 Å². The van der Waals surface area contributed by atoms with Crippen LogP contribution < -0.4 is 0 Å². The van der Waals surface area contributed by atoms with Gasteiger partial charge in [-0.25, -0.2) is 0 Å². The molecule has 6 aromatic heterocycles. The van der Waals surface area contributed by atoms with Gasteiger partial charge >= 0.3 is 0 Å². The number of nitrogens with zero attached hydrogens (tertiary/aromatic N) is 5. The number of aromatic nitrogens is 5. The summed E-state index contributed by atoms with van der Waals surface area (Å²) in [6, 6.07) is 62.8. The zero-order valence-corrected chi connectivity index (χ0v) is 30.9. The van der Waals surface area contributed by atoms with Crippen molar-refractivity contribution >= 4 is 104 Å². The van der Waals surface area contributed by atoms with Crippen molar-refractivity contribution in [3.63, 3.8) is 0 Å². The third kappa shape index (κ3) is 3.76. The maximum absolute atomic E-state index is 6.69. The molecule has 0 spiro atoms. The van der Waals surface area contributed by atoms with Crippen LogP contribution in [0.25, 0.3) is 127 Å². The lowest BCUT2D eigenvalue weighted by molar-refractivity contribution is 0.650. The molecule has 0 fully saturated rings. The molecule has 268 valence electrons. The summed E-state index contributed by atoms with van der Waals surface area (Å²) >= 11 is 0. The fraction of sp³-hybridized carbons (Fsp3) is 0. The van der Waals surface area contributed by atoms with E-state index in [0.717, 1.165) is 55.0 Å². The molecule has 14 rings (SSSR count). The Morgan fingerprint density at radius 3 is 1.69 bits per heavy atom. The lowest BCUT2D eigenvalue weighted by atomic mass is 9.99. The molecule has 8 aromatic carbocycles. The van der Waals surface area contributed by atoms with Gasteiger partial charge in [-0.1, -0.05) is 127 Å². The first kappa shape index (κ1) is 30.3. The van der Waals surface area contributed by atoms with E-state index in [9.17, 15) is 0 Å². The zero-order valence-electron chi connectivity index (χ0n) is 30.9. The first-order chi connectivity index (χ1) is 28.8. The van der Waals surface area contributed by atoms with Gasteiger partial charge in [0.05, 0.1) is 44.0 Å². The Bertz CT molecular complexity index is 3980. The van der Waals surface area contributed by atoms with E-state index in [-0.39, 0.29) is 0 Å². The molecule has 0 bridgehead atoms. The number of fused-ring (bicyclic) bond motifs is 16. The summed E-state index contributed by atoms with van der Waals surface area (Å²) in [7, 11) is 0. The predicted octanol–water partition coefficient (Wildman–Crippen LogP) is 13.4. The van der Waals surface area contributed by atoms with Gasteiger partial charge in [0.1, 0.15) is 5.58 Å². The molecule has 0 saturated carbocycles. The molecule has 0 aliphatic rings. The number of hydrogen-bond acceptors (Lipinski definition) is 3. The van der Waals surface area contributed by atoms with Gasteiger partial charge in [0.15, 0.2) is 5.82 Å². The van der Waals surface area contributed by atoms with Gasteiger partial charge in [-0.2, -0.15) is 9.97 Å². The molecule has 0 aliphatic heterocycles. The average Bonchev–Trinajstić information content (AvgIpc) is 4.08. The van der Waals surface area contributed by atoms with Crippen molar-refractivity contribution in [2.24, 2.45) is 0 Å². The van der Waals surface area contributed by atoms with Crippen molar-refractivity contribution in [2.75, 3.05) is 0 Å². The normalized spacial score (nSPS) is 12.5. The summed E-state index contributed by atoms with van der Waals surface area (Å²) in [5.74, 6) is 1.34. The van der Waals surface area contributed by atoms with E-state index in [2.05, 4.69) is 177 Å². The number of furan rings is 1. The van der Waals surface area contributed by atoms with Gasteiger partial charge < -0.3 is 8.82 Å². The number of para-hydroxylation sites is 5. The maximum atomic E-state index is 6.69. The molecule has 6 nitrogen and oxygen atoms in total. The molecule has 14 aromatic rings. The summed E-state index contributed by atoms with van der Waals surface area (Å²) in [5.41, 5.74) is 11.5. The Morgan fingerprint density at radius 2 is 0.948 bits per heavy atom. The summed E-state index contributed by atoms with van der Waals surface area (Å²) in [5, 5.41) is 11.4. The van der Waals surface area contributed by atoms with Crippen LogP contribution in [-0.2, 0) is 0 Å². The van der Waals surface area contributed by atoms with Crippen molar-refractivity contribution in [2.45, 2.75) is 0 Å². The molecule has 0 saturated heterocycles. The molecule has 0 radical (unpaired) electrons. The molecular weight excluding hydrogens is 711 g/mol. The molecule has 6 heteroatoms. The topological polar surface area (TPSA) is 53.2 Å². The highest BCUT2D eigenvalue weighted by Gasteiger charge is 2.27. The summed E-state index contributed by atoms with van der Waals surface area (Å²) in [6.45, 7) is 0. The Labute approximate surface area is 329 Å². The van der Waals surface area contributed by atoms with E-state index in [1.165, 1.54) is 60.0 Å². The van der Waals surface area contributed by atoms with Gasteiger partial charge in [0, 0.05) is 48.5 Å². The van der Waals surface area contributed by atoms with Crippen LogP contribution in [0, 0.1) is 0 Å². The highest BCUT2D eigenvalue weighted by Crippen LogP contribution is 2.48. The highest BCUT2D eigenvalue weighted by molar-refractivity contribution is 6.36. The third-order valence-corrected chi connectivity index (χ3v) is 12.4. The molecular formula is C52H29N5O. The van der Waals surface area contributed by atoms with E-state index >= 15 is 0 Å². The van der Waals surface area contributed by atoms with Crippen LogP contribution in [0.3, 0.4) is 0 Å². The zero-order chi connectivity index (χ0) is 37.6. The minimum absolute atomic E-state index is 0.548. The fourth-order valence-electron chi connectivity index (χ4n) is 10.0. The monoisotopic (exact) mass is 739 g/mol. The SMILES string of the molecule is c1ccc(-c2ccc3c(c2)c2c4c5ccccc5n5c6ccccc6c(cc2n3-c2nc(-n3c6ccccc6c6ccccc63)nc3oc6ccccc6c23)c45)cc1. The quantitative estimate of drug-likeness (QED) is 0.181. The maximum Gasteiger partial charge on any atom is 0.240 e. The molecule has 0 aliphatic carbocycles. The van der Waals surface area contributed by atoms with Crippen LogP contribution in [0.15, 0.2) is 180 Å². The van der Waals surface area contributed by atoms with Crippen LogP contribution in [-0.4, -0.2) is 23.5 Å². The Hall–Kier alpha value is -7.96. The number of rotatable bonds is 3. The second-order valence-electron chi connectivity index (χ2n) is 15.3. The van der Waals surface area contributed by atoms with Crippen LogP contribution in [0.2, 0.25) is 0 Å². The smallest absolute Gasteiger partial charge is 0.240 e. The van der Waals surface area contributed by atoms with Crippen molar-refractivity contribution in [3.05, 3.63) is 176 Å². The summed E-state index contributed by atoms with van der Waals surface area (Å²) < 4.78 is 13.7. The average molecular weight is 740 g/mol. The first-order valence-corrected chi connectivity index (χ1v) is 19.7. The number of hydrogen-bond donors (Lipinski definition) is 0. The Morgan fingerprint density at radius 1 is 0.362 bits per heavy atom. The van der Waals surface area contributed by atoms with E-state index in [1.807, 2.05) is 12.1 Å². The van der Waals surface area contributed by atoms with Gasteiger partial charge in [-0.15, -0.1) is 0 Å². The van der Waals surface area contributed by atoms with Crippen molar-refractivity contribution in [1.29, 1.82) is 0 Å². The molecule has 0 atom stereocenters. The van der Waals surface area contributed by atoms with Gasteiger partial charge in [-0.3, -0.25) is 9.13 Å². The minimum Gasteiger partial charge on any atom is -0.437 e. The standard InChI is InChI=1S/C52H29N5O/c1-2-14-30(15-3-1)31-26-27-43-38(28-31)46-44(29-37-34-18-6-9-21-39(34)55-42-24-12-7-19-35(42)47(46)49(37)55)56(43)50-48-36-20-8-13-25-45(36)58-51(48)54-52(53-50)57-40-22-10-4-16-32(40)33-17-5-11-23-41(33)57/h1-29H. The fourth-order valence-corrected chi connectivity index (χ4v) is 10.0. The second kappa shape index (κ2) is 10.9. The van der Waals surface area contributed by atoms with Gasteiger partial charge in [0.2, 0.25) is 11.7 Å². The minimum atomic E-state index is 0.548. The van der Waals surface area contributed by atoms with Gasteiger partial charge in [0.25, 0.3) is 0 Å². The molecule has 0 amide bonds. The first-order valence-electron chi connectivity index (χ1n) is 19.7. The van der Waals surface area contributed by atoms with Crippen LogP contribution in [0.5, 0.6) is 0 Å². The molecule has 0 unspecified atom stereocenters. The lowest BCUT2D eigenvalue weighted by Crippen LogP contribution is -2.06. The van der Waals surface area contributed by atoms with E-state index < -0.39 is 0 Å². The van der Waals surface area contributed by atoms with Gasteiger partial charge in [-0.05, 0) is 59.7 Å². The Kier molecular flexibility index (Phi) is 5.68. The van der Waals surface area contributed by atoms with Crippen LogP contribution >= 0.6 is 0 Å². The summed E-state index contributed by atoms with van der Waals surface area (Å²) in [4.78, 5) is 10.9. The van der Waals surface area contributed by atoms with E-state index in [4.69, 9.17) is 14.4 Å². The van der Waals surface area contributed by atoms with Crippen molar-refractivity contribution in [1.82, 2.24) is 23.5 Å². The second-order valence-corrected chi connectivity index (χ2v) is 15.3. The van der Waals surface area contributed by atoms with Crippen LogP contribution in [0.4, 0.5) is 0 Å². The molecule has 58 heavy (non-hydrogen) atoms. The third-order valence-electron chi connectivity index (χ3n) is 12.4. The largest absolute Gasteiger partial charge is 0.437 e. The Balaban J connectivity index is 1.22. The van der Waals surface area contributed by atoms with Crippen molar-refractivity contribution < 1.29 is 4.42 Å². The lowest BCUT2D eigenvalue weighted by Gasteiger charge is -2.12.